The van der Waals surface area contributed by atoms with Crippen LogP contribution >= 0.6 is 0 Å². The molecule has 170 valence electrons. The standard InChI is InChI=1S/C26H27N3O4/c1-17-13-18(2)24(19(3)14-17)28-23(30)16-29(4)26(32)22(15-21-11-8-12-33-21)27-25(31)20-9-6-5-7-10-20/h5-15H,16H2,1-4H3,(H,27,31)(H,28,30). The summed E-state index contributed by atoms with van der Waals surface area (Å²) in [6.45, 7) is 5.65. The highest BCUT2D eigenvalue weighted by Crippen LogP contribution is 2.22. The van der Waals surface area contributed by atoms with Crippen molar-refractivity contribution >= 4 is 29.5 Å². The lowest BCUT2D eigenvalue weighted by atomic mass is 10.1. The van der Waals surface area contributed by atoms with Crippen LogP contribution in [0.25, 0.3) is 6.08 Å². The van der Waals surface area contributed by atoms with Gasteiger partial charge in [0, 0.05) is 24.4 Å². The molecule has 3 amide bonds. The molecule has 0 unspecified atom stereocenters. The molecule has 2 N–H and O–H groups in total. The molecule has 0 fully saturated rings. The normalized spacial score (nSPS) is 11.1. The minimum absolute atomic E-state index is 0.00296. The molecule has 0 saturated carbocycles. The molecule has 0 aliphatic carbocycles. The van der Waals surface area contributed by atoms with Crippen molar-refractivity contribution in [3.8, 4) is 0 Å². The van der Waals surface area contributed by atoms with Gasteiger partial charge in [0.15, 0.2) is 0 Å². The molecule has 33 heavy (non-hydrogen) atoms. The molecule has 3 rings (SSSR count). The highest BCUT2D eigenvalue weighted by molar-refractivity contribution is 6.06. The van der Waals surface area contributed by atoms with Crippen molar-refractivity contribution in [2.24, 2.45) is 0 Å². The van der Waals surface area contributed by atoms with E-state index in [1.165, 1.54) is 24.3 Å². The van der Waals surface area contributed by atoms with E-state index in [-0.39, 0.29) is 18.1 Å². The second-order valence-corrected chi connectivity index (χ2v) is 7.88. The smallest absolute Gasteiger partial charge is 0.270 e. The Kier molecular flexibility index (Phi) is 7.46. The van der Waals surface area contributed by atoms with Crippen LogP contribution in [0.5, 0.6) is 0 Å². The first-order chi connectivity index (χ1) is 15.7. The molecule has 0 atom stereocenters. The Morgan fingerprint density at radius 1 is 0.970 bits per heavy atom. The number of furan rings is 1. The summed E-state index contributed by atoms with van der Waals surface area (Å²) < 4.78 is 5.30. The number of amides is 3. The average molecular weight is 446 g/mol. The van der Waals surface area contributed by atoms with E-state index in [0.29, 0.717) is 11.3 Å². The minimum atomic E-state index is -0.525. The summed E-state index contributed by atoms with van der Waals surface area (Å²) in [5.74, 6) is -0.906. The molecule has 0 saturated heterocycles. The maximum absolute atomic E-state index is 13.1. The van der Waals surface area contributed by atoms with Crippen molar-refractivity contribution in [3.63, 3.8) is 0 Å². The second-order valence-electron chi connectivity index (χ2n) is 7.88. The van der Waals surface area contributed by atoms with Gasteiger partial charge in [-0.25, -0.2) is 0 Å². The number of carbonyl (C=O) groups is 3. The number of nitrogens with zero attached hydrogens (tertiary/aromatic N) is 1. The molecule has 0 radical (unpaired) electrons. The number of likely N-dealkylation sites (N-methyl/N-ethyl adjacent to an activating group) is 1. The van der Waals surface area contributed by atoms with Crippen LogP contribution in [0.3, 0.4) is 0 Å². The van der Waals surface area contributed by atoms with Gasteiger partial charge in [0.1, 0.15) is 11.5 Å². The molecule has 1 aromatic heterocycles. The number of aryl methyl sites for hydroxylation is 3. The number of hydrogen-bond acceptors (Lipinski definition) is 4. The van der Waals surface area contributed by atoms with Gasteiger partial charge < -0.3 is 20.0 Å². The summed E-state index contributed by atoms with van der Waals surface area (Å²) in [6.07, 6.45) is 2.90. The number of anilines is 1. The Morgan fingerprint density at radius 3 is 2.24 bits per heavy atom. The van der Waals surface area contributed by atoms with Crippen LogP contribution in [0.1, 0.15) is 32.8 Å². The molecule has 0 spiro atoms. The van der Waals surface area contributed by atoms with E-state index in [2.05, 4.69) is 10.6 Å². The number of nitrogens with one attached hydrogen (secondary N) is 2. The molecular formula is C26H27N3O4. The first-order valence-corrected chi connectivity index (χ1v) is 10.5. The molecule has 0 bridgehead atoms. The van der Waals surface area contributed by atoms with Gasteiger partial charge in [-0.1, -0.05) is 35.9 Å². The second kappa shape index (κ2) is 10.5. The molecule has 0 aliphatic heterocycles. The third kappa shape index (κ3) is 6.20. The highest BCUT2D eigenvalue weighted by Gasteiger charge is 2.21. The van der Waals surface area contributed by atoms with Gasteiger partial charge in [0.2, 0.25) is 5.91 Å². The quantitative estimate of drug-likeness (QED) is 0.536. The SMILES string of the molecule is Cc1cc(C)c(NC(=O)CN(C)C(=O)C(=Cc2ccco2)NC(=O)c2ccccc2)c(C)c1. The van der Waals surface area contributed by atoms with Gasteiger partial charge in [0.05, 0.1) is 12.8 Å². The molecule has 7 heteroatoms. The lowest BCUT2D eigenvalue weighted by Gasteiger charge is -2.20. The maximum atomic E-state index is 13.1. The van der Waals surface area contributed by atoms with Gasteiger partial charge in [0.25, 0.3) is 11.8 Å². The van der Waals surface area contributed by atoms with E-state index in [9.17, 15) is 14.4 Å². The van der Waals surface area contributed by atoms with Crippen molar-refractivity contribution < 1.29 is 18.8 Å². The Balaban J connectivity index is 1.75. The van der Waals surface area contributed by atoms with Crippen LogP contribution < -0.4 is 10.6 Å². The summed E-state index contributed by atoms with van der Waals surface area (Å²) in [5, 5.41) is 5.52. The van der Waals surface area contributed by atoms with Crippen molar-refractivity contribution in [1.29, 1.82) is 0 Å². The molecular weight excluding hydrogens is 418 g/mol. The van der Waals surface area contributed by atoms with Crippen LogP contribution in [0.15, 0.2) is 71.0 Å². The van der Waals surface area contributed by atoms with E-state index in [1.807, 2.05) is 32.9 Å². The molecule has 2 aromatic carbocycles. The first-order valence-electron chi connectivity index (χ1n) is 10.5. The van der Waals surface area contributed by atoms with Gasteiger partial charge in [-0.05, 0) is 56.2 Å². The van der Waals surface area contributed by atoms with Gasteiger partial charge in [-0.2, -0.15) is 0 Å². The van der Waals surface area contributed by atoms with Crippen LogP contribution in [-0.2, 0) is 9.59 Å². The summed E-state index contributed by atoms with van der Waals surface area (Å²) in [6, 6.07) is 15.9. The van der Waals surface area contributed by atoms with E-state index in [0.717, 1.165) is 22.4 Å². The monoisotopic (exact) mass is 445 g/mol. The van der Waals surface area contributed by atoms with E-state index in [1.54, 1.807) is 42.5 Å². The Labute approximate surface area is 193 Å². The fourth-order valence-electron chi connectivity index (χ4n) is 3.50. The summed E-state index contributed by atoms with van der Waals surface area (Å²) in [4.78, 5) is 39.7. The van der Waals surface area contributed by atoms with E-state index >= 15 is 0 Å². The number of rotatable bonds is 7. The average Bonchev–Trinajstić information content (AvgIpc) is 3.29. The van der Waals surface area contributed by atoms with Crippen molar-refractivity contribution in [1.82, 2.24) is 10.2 Å². The Hall–Kier alpha value is -4.13. The van der Waals surface area contributed by atoms with Gasteiger partial charge in [-0.15, -0.1) is 0 Å². The van der Waals surface area contributed by atoms with E-state index in [4.69, 9.17) is 4.42 Å². The summed E-state index contributed by atoms with van der Waals surface area (Å²) >= 11 is 0. The number of benzene rings is 2. The van der Waals surface area contributed by atoms with Crippen molar-refractivity contribution in [3.05, 3.63) is 94.6 Å². The third-order valence-corrected chi connectivity index (χ3v) is 5.01. The largest absolute Gasteiger partial charge is 0.465 e. The molecule has 7 nitrogen and oxygen atoms in total. The van der Waals surface area contributed by atoms with Crippen LogP contribution in [0.4, 0.5) is 5.69 Å². The van der Waals surface area contributed by atoms with Crippen LogP contribution in [0, 0.1) is 20.8 Å². The Bertz CT molecular complexity index is 1160. The lowest BCUT2D eigenvalue weighted by Crippen LogP contribution is -2.40. The predicted molar refractivity (Wildman–Crippen MR) is 128 cm³/mol. The zero-order chi connectivity index (χ0) is 24.0. The minimum Gasteiger partial charge on any atom is -0.465 e. The summed E-state index contributed by atoms with van der Waals surface area (Å²) in [7, 11) is 1.50. The van der Waals surface area contributed by atoms with Crippen molar-refractivity contribution in [2.75, 3.05) is 18.9 Å². The molecule has 3 aromatic rings. The maximum Gasteiger partial charge on any atom is 0.270 e. The van der Waals surface area contributed by atoms with Crippen molar-refractivity contribution in [2.45, 2.75) is 20.8 Å². The molecule has 0 aliphatic rings. The first kappa shape index (κ1) is 23.5. The fraction of sp³-hybridized carbons (Fsp3) is 0.192. The lowest BCUT2D eigenvalue weighted by molar-refractivity contribution is -0.130. The topological polar surface area (TPSA) is 91.7 Å². The van der Waals surface area contributed by atoms with Gasteiger partial charge in [-0.3, -0.25) is 14.4 Å². The number of hydrogen-bond donors (Lipinski definition) is 2. The highest BCUT2D eigenvalue weighted by atomic mass is 16.3. The fourth-order valence-corrected chi connectivity index (χ4v) is 3.50. The Morgan fingerprint density at radius 2 is 1.64 bits per heavy atom. The molecule has 1 heterocycles. The number of carbonyl (C=O) groups excluding carboxylic acids is 3. The third-order valence-electron chi connectivity index (χ3n) is 5.01. The van der Waals surface area contributed by atoms with Crippen LogP contribution in [0.2, 0.25) is 0 Å². The zero-order valence-corrected chi connectivity index (χ0v) is 19.1. The summed E-state index contributed by atoms with van der Waals surface area (Å²) in [5.41, 5.74) is 4.14. The van der Waals surface area contributed by atoms with E-state index < -0.39 is 11.8 Å². The predicted octanol–water partition coefficient (Wildman–Crippen LogP) is 4.07. The van der Waals surface area contributed by atoms with Gasteiger partial charge >= 0.3 is 0 Å². The zero-order valence-electron chi connectivity index (χ0n) is 19.1. The van der Waals surface area contributed by atoms with Crippen LogP contribution in [-0.4, -0.2) is 36.2 Å².